The van der Waals surface area contributed by atoms with Gasteiger partial charge in [0.05, 0.1) is 24.4 Å². The van der Waals surface area contributed by atoms with Crippen LogP contribution in [-0.4, -0.2) is 47.2 Å². The van der Waals surface area contributed by atoms with Crippen molar-refractivity contribution >= 4 is 26.8 Å². The Labute approximate surface area is 158 Å². The van der Waals surface area contributed by atoms with Crippen LogP contribution >= 0.6 is 15.9 Å². The molecule has 2 aliphatic rings. The van der Waals surface area contributed by atoms with Gasteiger partial charge in [0, 0.05) is 29.0 Å². The summed E-state index contributed by atoms with van der Waals surface area (Å²) in [5, 5.41) is 1.24. The van der Waals surface area contributed by atoms with Crippen molar-refractivity contribution in [2.24, 2.45) is 5.92 Å². The molecule has 1 aromatic carbocycles. The van der Waals surface area contributed by atoms with Gasteiger partial charge in [-0.2, -0.15) is 0 Å². The Bertz CT molecular complexity index is 737. The average Bonchev–Trinajstić information content (AvgIpc) is 2.66. The molecule has 0 unspecified atom stereocenters. The van der Waals surface area contributed by atoms with Crippen LogP contribution in [0.2, 0.25) is 0 Å². The quantitative estimate of drug-likeness (QED) is 0.771. The summed E-state index contributed by atoms with van der Waals surface area (Å²) in [6, 6.07) is 4.94. The van der Waals surface area contributed by atoms with E-state index in [0.29, 0.717) is 0 Å². The van der Waals surface area contributed by atoms with Gasteiger partial charge in [-0.3, -0.25) is 4.90 Å². The van der Waals surface area contributed by atoms with E-state index in [2.05, 4.69) is 49.9 Å². The molecule has 0 N–H and O–H groups in total. The summed E-state index contributed by atoms with van der Waals surface area (Å²) in [6.07, 6.45) is 8.05. The van der Waals surface area contributed by atoms with Crippen molar-refractivity contribution in [1.82, 2.24) is 14.9 Å². The minimum Gasteiger partial charge on any atom is -0.379 e. The molecule has 1 saturated heterocycles. The molecule has 25 heavy (non-hydrogen) atoms. The first-order valence-corrected chi connectivity index (χ1v) is 10.2. The Morgan fingerprint density at radius 1 is 1.12 bits per heavy atom. The number of rotatable bonds is 3. The van der Waals surface area contributed by atoms with Crippen LogP contribution in [0.25, 0.3) is 10.9 Å². The van der Waals surface area contributed by atoms with E-state index < -0.39 is 0 Å². The molecule has 2 heterocycles. The van der Waals surface area contributed by atoms with E-state index in [-0.39, 0.29) is 0 Å². The molecule has 2 aromatic rings. The maximum atomic E-state index is 5.49. The number of morpholine rings is 1. The Hall–Kier alpha value is -1.04. The highest BCUT2D eigenvalue weighted by molar-refractivity contribution is 9.10. The second kappa shape index (κ2) is 7.68. The molecule has 0 atom stereocenters. The van der Waals surface area contributed by atoms with E-state index in [9.17, 15) is 0 Å². The maximum absolute atomic E-state index is 5.49. The van der Waals surface area contributed by atoms with Gasteiger partial charge in [0.15, 0.2) is 0 Å². The molecule has 5 heteroatoms. The van der Waals surface area contributed by atoms with Crippen LogP contribution in [0.4, 0.5) is 0 Å². The van der Waals surface area contributed by atoms with E-state index in [4.69, 9.17) is 4.74 Å². The lowest BCUT2D eigenvalue weighted by Crippen LogP contribution is -2.45. The van der Waals surface area contributed by atoms with Crippen molar-refractivity contribution in [3.63, 3.8) is 0 Å². The van der Waals surface area contributed by atoms with Crippen molar-refractivity contribution in [3.05, 3.63) is 34.2 Å². The van der Waals surface area contributed by atoms with E-state index >= 15 is 0 Å². The maximum Gasteiger partial charge on any atom is 0.116 e. The number of aromatic nitrogens is 2. The summed E-state index contributed by atoms with van der Waals surface area (Å²) in [6.45, 7) is 6.19. The molecule has 4 rings (SSSR count). The second-order valence-corrected chi connectivity index (χ2v) is 8.27. The van der Waals surface area contributed by atoms with Crippen molar-refractivity contribution in [1.29, 1.82) is 0 Å². The van der Waals surface area contributed by atoms with Gasteiger partial charge < -0.3 is 4.74 Å². The number of hydrogen-bond donors (Lipinski definition) is 0. The molecule has 1 aliphatic heterocycles. The number of nitrogens with zero attached hydrogens (tertiary/aromatic N) is 3. The monoisotopic (exact) mass is 403 g/mol. The number of ether oxygens (including phenoxy) is 1. The average molecular weight is 404 g/mol. The number of hydrogen-bond acceptors (Lipinski definition) is 4. The van der Waals surface area contributed by atoms with Crippen LogP contribution in [0.1, 0.15) is 36.9 Å². The van der Waals surface area contributed by atoms with Crippen LogP contribution in [0, 0.1) is 12.8 Å². The lowest BCUT2D eigenvalue weighted by molar-refractivity contribution is 0.00494. The summed E-state index contributed by atoms with van der Waals surface area (Å²) in [5.41, 5.74) is 3.54. The Morgan fingerprint density at radius 3 is 2.64 bits per heavy atom. The fourth-order valence-corrected chi connectivity index (χ4v) is 4.78. The Morgan fingerprint density at radius 2 is 1.88 bits per heavy atom. The molecule has 1 saturated carbocycles. The zero-order valence-electron chi connectivity index (χ0n) is 14.9. The molecule has 0 bridgehead atoms. The first-order valence-electron chi connectivity index (χ1n) is 9.43. The van der Waals surface area contributed by atoms with Gasteiger partial charge in [-0.1, -0.05) is 15.9 Å². The molecule has 0 radical (unpaired) electrons. The highest BCUT2D eigenvalue weighted by atomic mass is 79.9. The lowest BCUT2D eigenvalue weighted by atomic mass is 9.82. The van der Waals surface area contributed by atoms with E-state index in [1.165, 1.54) is 42.3 Å². The predicted molar refractivity (Wildman–Crippen MR) is 104 cm³/mol. The Kier molecular flexibility index (Phi) is 5.34. The zero-order valence-corrected chi connectivity index (χ0v) is 16.5. The Balaban J connectivity index is 1.45. The number of benzene rings is 1. The molecule has 1 aromatic heterocycles. The minimum atomic E-state index is 0.744. The van der Waals surface area contributed by atoms with Crippen molar-refractivity contribution in [2.75, 3.05) is 26.3 Å². The minimum absolute atomic E-state index is 0.744. The standard InChI is InChI=1S/C20H26BrN3O/c1-14-17(21)6-7-18-20(14)19(23-13-22-18)12-15-2-4-16(5-3-15)24-8-10-25-11-9-24/h6-7,13,15-16H,2-5,8-12H2,1H3/t15-,16-. The van der Waals surface area contributed by atoms with Gasteiger partial charge in [-0.25, -0.2) is 9.97 Å². The molecule has 2 fully saturated rings. The van der Waals surface area contributed by atoms with Crippen molar-refractivity contribution in [3.8, 4) is 0 Å². The van der Waals surface area contributed by atoms with Gasteiger partial charge in [0.1, 0.15) is 6.33 Å². The molecule has 0 spiro atoms. The highest BCUT2D eigenvalue weighted by Gasteiger charge is 2.27. The fraction of sp³-hybridized carbons (Fsp3) is 0.600. The molecule has 4 nitrogen and oxygen atoms in total. The van der Waals surface area contributed by atoms with Gasteiger partial charge in [-0.15, -0.1) is 0 Å². The van der Waals surface area contributed by atoms with Crippen LogP contribution in [0.3, 0.4) is 0 Å². The third-order valence-electron chi connectivity index (χ3n) is 5.94. The van der Waals surface area contributed by atoms with Crippen LogP contribution in [0.5, 0.6) is 0 Å². The highest BCUT2D eigenvalue weighted by Crippen LogP contribution is 2.33. The summed E-state index contributed by atoms with van der Waals surface area (Å²) in [4.78, 5) is 11.8. The van der Waals surface area contributed by atoms with E-state index in [0.717, 1.165) is 54.7 Å². The topological polar surface area (TPSA) is 38.2 Å². The summed E-state index contributed by atoms with van der Waals surface area (Å²) >= 11 is 3.66. The molecule has 0 amide bonds. The van der Waals surface area contributed by atoms with Crippen molar-refractivity contribution in [2.45, 2.75) is 45.1 Å². The van der Waals surface area contributed by atoms with E-state index in [1.807, 2.05) is 0 Å². The molecular formula is C20H26BrN3O. The third kappa shape index (κ3) is 3.74. The number of halogens is 1. The first kappa shape index (κ1) is 17.4. The number of fused-ring (bicyclic) bond motifs is 1. The van der Waals surface area contributed by atoms with Gasteiger partial charge >= 0.3 is 0 Å². The van der Waals surface area contributed by atoms with Gasteiger partial charge in [0.25, 0.3) is 0 Å². The second-order valence-electron chi connectivity index (χ2n) is 7.41. The van der Waals surface area contributed by atoms with Gasteiger partial charge in [0.2, 0.25) is 0 Å². The lowest BCUT2D eigenvalue weighted by Gasteiger charge is -2.38. The van der Waals surface area contributed by atoms with Crippen LogP contribution in [0.15, 0.2) is 22.9 Å². The predicted octanol–water partition coefficient (Wildman–Crippen LogP) is 4.13. The smallest absolute Gasteiger partial charge is 0.116 e. The normalized spacial score (nSPS) is 25.4. The van der Waals surface area contributed by atoms with Crippen molar-refractivity contribution < 1.29 is 4.74 Å². The van der Waals surface area contributed by atoms with Crippen LogP contribution < -0.4 is 0 Å². The fourth-order valence-electron chi connectivity index (χ4n) is 4.45. The molecular weight excluding hydrogens is 378 g/mol. The number of aryl methyl sites for hydroxylation is 1. The summed E-state index contributed by atoms with van der Waals surface area (Å²) < 4.78 is 6.64. The summed E-state index contributed by atoms with van der Waals surface area (Å²) in [5.74, 6) is 0.744. The molecule has 134 valence electrons. The first-order chi connectivity index (χ1) is 12.2. The summed E-state index contributed by atoms with van der Waals surface area (Å²) in [7, 11) is 0. The largest absolute Gasteiger partial charge is 0.379 e. The van der Waals surface area contributed by atoms with Gasteiger partial charge in [-0.05, 0) is 62.6 Å². The zero-order chi connectivity index (χ0) is 17.2. The SMILES string of the molecule is Cc1c(Br)ccc2ncnc(C[C@H]3CC[C@H](N4CCOCC4)CC3)c12. The van der Waals surface area contributed by atoms with E-state index in [1.54, 1.807) is 6.33 Å². The molecule has 1 aliphatic carbocycles. The third-order valence-corrected chi connectivity index (χ3v) is 6.80. The van der Waals surface area contributed by atoms with Crippen LogP contribution in [-0.2, 0) is 11.2 Å².